The fourth-order valence-electron chi connectivity index (χ4n) is 1.58. The van der Waals surface area contributed by atoms with Crippen LogP contribution in [-0.4, -0.2) is 45.0 Å². The van der Waals surface area contributed by atoms with E-state index >= 15 is 0 Å². The van der Waals surface area contributed by atoms with Gasteiger partial charge in [0.25, 0.3) is 0 Å². The van der Waals surface area contributed by atoms with Gasteiger partial charge in [-0.1, -0.05) is 5.16 Å². The number of methoxy groups -OCH3 is 1. The molecule has 0 aromatic carbocycles. The number of rotatable bonds is 7. The Morgan fingerprint density at radius 2 is 2.17 bits per heavy atom. The molecule has 1 heterocycles. The number of nitrogens with zero attached hydrogens (tertiary/aromatic N) is 1. The summed E-state index contributed by atoms with van der Waals surface area (Å²) in [6.45, 7) is 3.13. The molecule has 7 nitrogen and oxygen atoms in total. The molecule has 1 unspecified atom stereocenters. The summed E-state index contributed by atoms with van der Waals surface area (Å²) >= 11 is 0. The molecule has 0 bridgehead atoms. The predicted molar refractivity (Wildman–Crippen MR) is 63.7 cm³/mol. The van der Waals surface area contributed by atoms with E-state index in [1.807, 2.05) is 0 Å². The van der Waals surface area contributed by atoms with Gasteiger partial charge >= 0.3 is 0 Å². The van der Waals surface area contributed by atoms with Crippen molar-refractivity contribution in [2.45, 2.75) is 31.2 Å². The highest BCUT2D eigenvalue weighted by atomic mass is 32.2. The Morgan fingerprint density at radius 1 is 1.50 bits per heavy atom. The Kier molecular flexibility index (Phi) is 5.27. The highest BCUT2D eigenvalue weighted by Gasteiger charge is 2.26. The molecular formula is C10H18N2O5S. The summed E-state index contributed by atoms with van der Waals surface area (Å²) in [6, 6.07) is -0.594. The summed E-state index contributed by atoms with van der Waals surface area (Å²) in [5.41, 5.74) is 0.295. The zero-order valence-corrected chi connectivity index (χ0v) is 11.5. The molecule has 0 aliphatic carbocycles. The second kappa shape index (κ2) is 6.28. The van der Waals surface area contributed by atoms with E-state index in [4.69, 9.17) is 14.4 Å². The van der Waals surface area contributed by atoms with Gasteiger partial charge in [0.1, 0.15) is 10.6 Å². The maximum atomic E-state index is 12.1. The van der Waals surface area contributed by atoms with Crippen LogP contribution in [0.1, 0.15) is 17.9 Å². The first-order valence-electron chi connectivity index (χ1n) is 5.47. The zero-order chi connectivity index (χ0) is 13.8. The molecule has 2 N–H and O–H groups in total. The third kappa shape index (κ3) is 3.52. The van der Waals surface area contributed by atoms with Gasteiger partial charge in [0.05, 0.1) is 6.61 Å². The molecule has 0 amide bonds. The lowest BCUT2D eigenvalue weighted by Crippen LogP contribution is -2.38. The Labute approximate surface area is 106 Å². The highest BCUT2D eigenvalue weighted by molar-refractivity contribution is 7.89. The van der Waals surface area contributed by atoms with E-state index < -0.39 is 16.1 Å². The Morgan fingerprint density at radius 3 is 2.61 bits per heavy atom. The van der Waals surface area contributed by atoms with Crippen molar-refractivity contribution < 1.29 is 22.8 Å². The van der Waals surface area contributed by atoms with Gasteiger partial charge in [-0.15, -0.1) is 0 Å². The lowest BCUT2D eigenvalue weighted by Gasteiger charge is -2.15. The van der Waals surface area contributed by atoms with Crippen LogP contribution in [0, 0.1) is 13.8 Å². The molecule has 0 aliphatic heterocycles. The standard InChI is InChI=1S/C10H18N2O5S/c1-7-10(8(2)17-11-7)18(14,15)12-9(6-13)4-5-16-3/h9,12-13H,4-6H2,1-3H3. The van der Waals surface area contributed by atoms with E-state index in [1.54, 1.807) is 6.92 Å². The van der Waals surface area contributed by atoms with Crippen LogP contribution >= 0.6 is 0 Å². The second-order valence-corrected chi connectivity index (χ2v) is 5.59. The number of aliphatic hydroxyl groups excluding tert-OH is 1. The first-order valence-corrected chi connectivity index (χ1v) is 6.95. The SMILES string of the molecule is COCCC(CO)NS(=O)(=O)c1c(C)noc1C. The zero-order valence-electron chi connectivity index (χ0n) is 10.6. The minimum atomic E-state index is -3.74. The molecular weight excluding hydrogens is 260 g/mol. The number of nitrogens with one attached hydrogen (secondary N) is 1. The van der Waals surface area contributed by atoms with Gasteiger partial charge in [-0.05, 0) is 20.3 Å². The average Bonchev–Trinajstić information content (AvgIpc) is 2.64. The van der Waals surface area contributed by atoms with Crippen molar-refractivity contribution in [3.63, 3.8) is 0 Å². The fourth-order valence-corrected chi connectivity index (χ4v) is 3.18. The first-order chi connectivity index (χ1) is 8.42. The average molecular weight is 278 g/mol. The lowest BCUT2D eigenvalue weighted by molar-refractivity contribution is 0.166. The van der Waals surface area contributed by atoms with Crippen LogP contribution in [0.15, 0.2) is 9.42 Å². The minimum Gasteiger partial charge on any atom is -0.395 e. The van der Waals surface area contributed by atoms with Crippen molar-refractivity contribution in [2.24, 2.45) is 0 Å². The molecule has 0 saturated heterocycles. The Hall–Kier alpha value is -0.960. The second-order valence-electron chi connectivity index (χ2n) is 3.94. The van der Waals surface area contributed by atoms with E-state index in [0.29, 0.717) is 18.7 Å². The van der Waals surface area contributed by atoms with Gasteiger partial charge in [-0.25, -0.2) is 13.1 Å². The molecule has 1 rings (SSSR count). The summed E-state index contributed by atoms with van der Waals surface area (Å²) in [6.07, 6.45) is 0.385. The van der Waals surface area contributed by atoms with E-state index in [0.717, 1.165) is 0 Å². The fraction of sp³-hybridized carbons (Fsp3) is 0.700. The Bertz CT molecular complexity index is 463. The van der Waals surface area contributed by atoms with Gasteiger partial charge in [-0.3, -0.25) is 0 Å². The van der Waals surface area contributed by atoms with Crippen molar-refractivity contribution in [3.05, 3.63) is 11.5 Å². The molecule has 0 aliphatic rings. The summed E-state index contributed by atoms with van der Waals surface area (Å²) in [7, 11) is -2.23. The van der Waals surface area contributed by atoms with Crippen LogP contribution in [0.25, 0.3) is 0 Å². The summed E-state index contributed by atoms with van der Waals surface area (Å²) in [5, 5.41) is 12.7. The molecule has 0 fully saturated rings. The predicted octanol–water partition coefficient (Wildman–Crippen LogP) is -0.0329. The van der Waals surface area contributed by atoms with Gasteiger partial charge in [0.2, 0.25) is 10.0 Å². The molecule has 1 aromatic heterocycles. The molecule has 8 heteroatoms. The molecule has 0 spiro atoms. The number of hydrogen-bond acceptors (Lipinski definition) is 6. The smallest absolute Gasteiger partial charge is 0.246 e. The monoisotopic (exact) mass is 278 g/mol. The van der Waals surface area contributed by atoms with Gasteiger partial charge in [-0.2, -0.15) is 0 Å². The van der Waals surface area contributed by atoms with Gasteiger partial charge < -0.3 is 14.4 Å². The third-order valence-electron chi connectivity index (χ3n) is 2.45. The molecule has 1 atom stereocenters. The van der Waals surface area contributed by atoms with E-state index in [1.165, 1.54) is 14.0 Å². The van der Waals surface area contributed by atoms with Crippen LogP contribution in [0.4, 0.5) is 0 Å². The molecule has 104 valence electrons. The van der Waals surface area contributed by atoms with E-state index in [2.05, 4.69) is 9.88 Å². The summed E-state index contributed by atoms with van der Waals surface area (Å²) in [5.74, 6) is 0.225. The number of ether oxygens (including phenoxy) is 1. The van der Waals surface area contributed by atoms with Gasteiger partial charge in [0.15, 0.2) is 5.76 Å². The highest BCUT2D eigenvalue weighted by Crippen LogP contribution is 2.19. The van der Waals surface area contributed by atoms with Crippen molar-refractivity contribution in [3.8, 4) is 0 Å². The summed E-state index contributed by atoms with van der Waals surface area (Å²) < 4.78 is 36.3. The number of aliphatic hydroxyl groups is 1. The van der Waals surface area contributed by atoms with E-state index in [-0.39, 0.29) is 17.3 Å². The van der Waals surface area contributed by atoms with Crippen molar-refractivity contribution >= 4 is 10.0 Å². The largest absolute Gasteiger partial charge is 0.395 e. The summed E-state index contributed by atoms with van der Waals surface area (Å²) in [4.78, 5) is 0.0263. The van der Waals surface area contributed by atoms with Crippen LogP contribution in [0.2, 0.25) is 0 Å². The van der Waals surface area contributed by atoms with E-state index in [9.17, 15) is 8.42 Å². The first kappa shape index (κ1) is 15.1. The number of hydrogen-bond donors (Lipinski definition) is 2. The maximum absolute atomic E-state index is 12.1. The topological polar surface area (TPSA) is 102 Å². The number of aromatic nitrogens is 1. The van der Waals surface area contributed by atoms with Crippen molar-refractivity contribution in [1.82, 2.24) is 9.88 Å². The van der Waals surface area contributed by atoms with Crippen molar-refractivity contribution in [1.29, 1.82) is 0 Å². The molecule has 0 saturated carbocycles. The molecule has 18 heavy (non-hydrogen) atoms. The van der Waals surface area contributed by atoms with Crippen LogP contribution in [-0.2, 0) is 14.8 Å². The van der Waals surface area contributed by atoms with Gasteiger partial charge in [0, 0.05) is 19.8 Å². The maximum Gasteiger partial charge on any atom is 0.246 e. The number of sulfonamides is 1. The lowest BCUT2D eigenvalue weighted by atomic mass is 10.2. The van der Waals surface area contributed by atoms with Crippen molar-refractivity contribution in [2.75, 3.05) is 20.3 Å². The minimum absolute atomic E-state index is 0.0263. The molecule has 1 aromatic rings. The van der Waals surface area contributed by atoms with Crippen LogP contribution < -0.4 is 4.72 Å². The number of aryl methyl sites for hydroxylation is 2. The van der Waals surface area contributed by atoms with Crippen LogP contribution in [0.5, 0.6) is 0 Å². The quantitative estimate of drug-likeness (QED) is 0.726. The third-order valence-corrected chi connectivity index (χ3v) is 4.21. The molecule has 0 radical (unpaired) electrons. The normalized spacial score (nSPS) is 13.8. The Balaban J connectivity index is 2.87. The van der Waals surface area contributed by atoms with Crippen LogP contribution in [0.3, 0.4) is 0 Å².